The van der Waals surface area contributed by atoms with Gasteiger partial charge in [0.15, 0.2) is 0 Å². The zero-order valence-corrected chi connectivity index (χ0v) is 16.6. The standard InChI is InChI=1S/C20H22F3N3O3/c1-11-10-29-12(2)9-25(11)19(28)18(27)17-13(3)24-26(14(17)4)16-7-5-6-15(8-16)20(21,22)23/h5-8,11-12H,9-10H2,1-4H3/t11-,12-/m1/s1. The number of alkyl halides is 3. The van der Waals surface area contributed by atoms with E-state index < -0.39 is 23.4 Å². The van der Waals surface area contributed by atoms with Crippen LogP contribution in [0.5, 0.6) is 0 Å². The third-order valence-corrected chi connectivity index (χ3v) is 5.00. The van der Waals surface area contributed by atoms with E-state index in [0.717, 1.165) is 12.1 Å². The number of aryl methyl sites for hydroxylation is 1. The molecular weight excluding hydrogens is 387 g/mol. The fraction of sp³-hybridized carbons (Fsp3) is 0.450. The molecule has 0 aliphatic carbocycles. The number of Topliss-reactive ketones (excluding diaryl/α,β-unsaturated/α-hetero) is 1. The molecule has 0 saturated carbocycles. The second kappa shape index (κ2) is 7.62. The van der Waals surface area contributed by atoms with Gasteiger partial charge in [0.1, 0.15) is 0 Å². The van der Waals surface area contributed by atoms with E-state index in [1.807, 2.05) is 6.92 Å². The highest BCUT2D eigenvalue weighted by molar-refractivity contribution is 6.43. The predicted octanol–water partition coefficient (Wildman–Crippen LogP) is 3.33. The molecule has 6 nitrogen and oxygen atoms in total. The molecule has 156 valence electrons. The van der Waals surface area contributed by atoms with Gasteiger partial charge in [-0.1, -0.05) is 6.07 Å². The zero-order chi connectivity index (χ0) is 21.5. The second-order valence-corrected chi connectivity index (χ2v) is 7.29. The van der Waals surface area contributed by atoms with Crippen molar-refractivity contribution >= 4 is 11.7 Å². The van der Waals surface area contributed by atoms with Crippen molar-refractivity contribution < 1.29 is 27.5 Å². The minimum absolute atomic E-state index is 0.110. The smallest absolute Gasteiger partial charge is 0.375 e. The van der Waals surface area contributed by atoms with E-state index in [4.69, 9.17) is 4.74 Å². The molecule has 0 N–H and O–H groups in total. The molecule has 0 unspecified atom stereocenters. The summed E-state index contributed by atoms with van der Waals surface area (Å²) in [5.74, 6) is -1.39. The average molecular weight is 409 g/mol. The van der Waals surface area contributed by atoms with Crippen LogP contribution in [0.25, 0.3) is 5.69 Å². The molecule has 2 heterocycles. The summed E-state index contributed by atoms with van der Waals surface area (Å²) in [5, 5.41) is 4.22. The van der Waals surface area contributed by atoms with Gasteiger partial charge in [-0.25, -0.2) is 4.68 Å². The number of hydrogen-bond acceptors (Lipinski definition) is 4. The van der Waals surface area contributed by atoms with E-state index in [1.165, 1.54) is 21.7 Å². The van der Waals surface area contributed by atoms with Crippen molar-refractivity contribution in [3.05, 3.63) is 46.8 Å². The lowest BCUT2D eigenvalue weighted by Crippen LogP contribution is -2.52. The molecule has 1 aromatic heterocycles. The first kappa shape index (κ1) is 21.0. The van der Waals surface area contributed by atoms with Crippen LogP contribution >= 0.6 is 0 Å². The molecule has 29 heavy (non-hydrogen) atoms. The Balaban J connectivity index is 1.96. The van der Waals surface area contributed by atoms with Crippen LogP contribution in [0, 0.1) is 13.8 Å². The van der Waals surface area contributed by atoms with E-state index in [2.05, 4.69) is 5.10 Å². The Morgan fingerprint density at radius 2 is 1.90 bits per heavy atom. The van der Waals surface area contributed by atoms with Crippen molar-refractivity contribution in [3.63, 3.8) is 0 Å². The molecule has 2 atom stereocenters. The Bertz CT molecular complexity index is 952. The summed E-state index contributed by atoms with van der Waals surface area (Å²) >= 11 is 0. The molecule has 1 aliphatic rings. The molecule has 0 spiro atoms. The van der Waals surface area contributed by atoms with Gasteiger partial charge in [-0.3, -0.25) is 9.59 Å². The lowest BCUT2D eigenvalue weighted by molar-refractivity contribution is -0.138. The summed E-state index contributed by atoms with van der Waals surface area (Å²) in [6.07, 6.45) is -4.68. The van der Waals surface area contributed by atoms with Crippen molar-refractivity contribution in [2.24, 2.45) is 0 Å². The number of ether oxygens (including phenoxy) is 1. The molecule has 3 rings (SSSR count). The van der Waals surface area contributed by atoms with Gasteiger partial charge in [0.2, 0.25) is 0 Å². The fourth-order valence-electron chi connectivity index (χ4n) is 3.46. The predicted molar refractivity (Wildman–Crippen MR) is 99.0 cm³/mol. The third kappa shape index (κ3) is 4.05. The zero-order valence-electron chi connectivity index (χ0n) is 16.6. The summed E-state index contributed by atoms with van der Waals surface area (Å²) in [6.45, 7) is 7.37. The third-order valence-electron chi connectivity index (χ3n) is 5.00. The van der Waals surface area contributed by atoms with E-state index in [1.54, 1.807) is 20.8 Å². The fourth-order valence-corrected chi connectivity index (χ4v) is 3.46. The number of morpholine rings is 1. The topological polar surface area (TPSA) is 64.4 Å². The maximum Gasteiger partial charge on any atom is 0.416 e. The summed E-state index contributed by atoms with van der Waals surface area (Å²) in [5.41, 5.74) is 0.0584. The summed E-state index contributed by atoms with van der Waals surface area (Å²) < 4.78 is 45.8. The molecule has 1 aliphatic heterocycles. The van der Waals surface area contributed by atoms with E-state index in [9.17, 15) is 22.8 Å². The van der Waals surface area contributed by atoms with Crippen LogP contribution in [0.15, 0.2) is 24.3 Å². The molecule has 1 aromatic carbocycles. The Morgan fingerprint density at radius 3 is 2.55 bits per heavy atom. The Hall–Kier alpha value is -2.68. The average Bonchev–Trinajstić information content (AvgIpc) is 2.96. The number of carbonyl (C=O) groups excluding carboxylic acids is 2. The van der Waals surface area contributed by atoms with Crippen molar-refractivity contribution in [1.29, 1.82) is 0 Å². The van der Waals surface area contributed by atoms with Crippen molar-refractivity contribution in [3.8, 4) is 5.69 Å². The van der Waals surface area contributed by atoms with Crippen molar-refractivity contribution in [1.82, 2.24) is 14.7 Å². The van der Waals surface area contributed by atoms with E-state index >= 15 is 0 Å². The van der Waals surface area contributed by atoms with Crippen molar-refractivity contribution in [2.45, 2.75) is 46.0 Å². The number of hydrogen-bond donors (Lipinski definition) is 0. The monoisotopic (exact) mass is 409 g/mol. The number of benzene rings is 1. The SMILES string of the molecule is Cc1nn(-c2cccc(C(F)(F)F)c2)c(C)c1C(=O)C(=O)N1C[C@@H](C)OC[C@H]1C. The van der Waals surface area contributed by atoms with Gasteiger partial charge < -0.3 is 9.64 Å². The Labute approximate surface area is 166 Å². The van der Waals surface area contributed by atoms with Gasteiger partial charge in [0.05, 0.1) is 47.0 Å². The van der Waals surface area contributed by atoms with Crippen LogP contribution in [-0.4, -0.2) is 51.7 Å². The number of amides is 1. The quantitative estimate of drug-likeness (QED) is 0.576. The molecule has 1 saturated heterocycles. The second-order valence-electron chi connectivity index (χ2n) is 7.29. The normalized spacial score (nSPS) is 20.0. The van der Waals surface area contributed by atoms with Crippen LogP contribution in [0.1, 0.15) is 41.2 Å². The number of halogens is 3. The molecule has 0 radical (unpaired) electrons. The number of ketones is 1. The minimum Gasteiger partial charge on any atom is -0.375 e. The van der Waals surface area contributed by atoms with Gasteiger partial charge in [0.25, 0.3) is 11.7 Å². The number of nitrogens with zero attached hydrogens (tertiary/aromatic N) is 3. The Morgan fingerprint density at radius 1 is 1.21 bits per heavy atom. The molecule has 1 fully saturated rings. The summed E-state index contributed by atoms with van der Waals surface area (Å²) in [7, 11) is 0. The lowest BCUT2D eigenvalue weighted by Gasteiger charge is -2.36. The van der Waals surface area contributed by atoms with Gasteiger partial charge in [-0.2, -0.15) is 18.3 Å². The molecule has 9 heteroatoms. The maximum absolute atomic E-state index is 13.0. The first-order valence-corrected chi connectivity index (χ1v) is 9.21. The Kier molecular flexibility index (Phi) is 5.53. The highest BCUT2D eigenvalue weighted by Crippen LogP contribution is 2.31. The number of rotatable bonds is 3. The summed E-state index contributed by atoms with van der Waals surface area (Å²) in [6, 6.07) is 4.42. The van der Waals surface area contributed by atoms with Crippen LogP contribution in [0.3, 0.4) is 0 Å². The van der Waals surface area contributed by atoms with Crippen LogP contribution in [-0.2, 0) is 15.7 Å². The van der Waals surface area contributed by atoms with Crippen LogP contribution in [0.4, 0.5) is 13.2 Å². The highest BCUT2D eigenvalue weighted by Gasteiger charge is 2.35. The van der Waals surface area contributed by atoms with E-state index in [-0.39, 0.29) is 29.1 Å². The number of aromatic nitrogens is 2. The van der Waals surface area contributed by atoms with E-state index in [0.29, 0.717) is 18.8 Å². The first-order chi connectivity index (χ1) is 13.5. The van der Waals surface area contributed by atoms with Crippen LogP contribution < -0.4 is 0 Å². The van der Waals surface area contributed by atoms with Crippen LogP contribution in [0.2, 0.25) is 0 Å². The molecule has 1 amide bonds. The number of carbonyl (C=O) groups is 2. The van der Waals surface area contributed by atoms with Gasteiger partial charge in [0, 0.05) is 6.54 Å². The lowest BCUT2D eigenvalue weighted by atomic mass is 10.1. The minimum atomic E-state index is -4.50. The van der Waals surface area contributed by atoms with Gasteiger partial charge in [-0.05, 0) is 45.9 Å². The van der Waals surface area contributed by atoms with Gasteiger partial charge in [-0.15, -0.1) is 0 Å². The molecule has 2 aromatic rings. The maximum atomic E-state index is 13.0. The summed E-state index contributed by atoms with van der Waals surface area (Å²) in [4.78, 5) is 27.2. The first-order valence-electron chi connectivity index (χ1n) is 9.21. The largest absolute Gasteiger partial charge is 0.416 e. The highest BCUT2D eigenvalue weighted by atomic mass is 19.4. The van der Waals surface area contributed by atoms with Crippen molar-refractivity contribution in [2.75, 3.05) is 13.2 Å². The van der Waals surface area contributed by atoms with Gasteiger partial charge >= 0.3 is 6.18 Å². The molecular formula is C20H22F3N3O3. The molecule has 0 bridgehead atoms.